The van der Waals surface area contributed by atoms with Crippen molar-refractivity contribution >= 4 is 17.7 Å². The lowest BCUT2D eigenvalue weighted by atomic mass is 10.2. The maximum absolute atomic E-state index is 12.6. The molecule has 0 spiro atoms. The van der Waals surface area contributed by atoms with Crippen LogP contribution < -0.4 is 0 Å². The number of hydrogen-bond donors (Lipinski definition) is 1. The van der Waals surface area contributed by atoms with E-state index in [2.05, 4.69) is 0 Å². The molecule has 0 saturated carbocycles. The Bertz CT molecular complexity index is 324. The van der Waals surface area contributed by atoms with Gasteiger partial charge in [-0.2, -0.15) is 11.8 Å². The number of aliphatic carboxylic acids is 1. The Kier molecular flexibility index (Phi) is 4.62. The molecule has 0 heterocycles. The number of carboxylic acids is 1. The summed E-state index contributed by atoms with van der Waals surface area (Å²) in [5.74, 6) is -0.0651. The van der Waals surface area contributed by atoms with Crippen molar-refractivity contribution in [2.24, 2.45) is 5.92 Å². The highest BCUT2D eigenvalue weighted by atomic mass is 32.2. The summed E-state index contributed by atoms with van der Waals surface area (Å²) in [6, 6.07) is 6.26. The first-order valence-electron chi connectivity index (χ1n) is 4.64. The Morgan fingerprint density at radius 2 is 2.07 bits per heavy atom. The van der Waals surface area contributed by atoms with E-state index in [1.807, 2.05) is 0 Å². The summed E-state index contributed by atoms with van der Waals surface area (Å²) < 4.78 is 12.6. The standard InChI is InChI=1S/C11H13FO2S/c1-8(11(13)14)6-15-7-9-2-4-10(12)5-3-9/h2-5,8H,6-7H2,1H3,(H,13,14). The Morgan fingerprint density at radius 3 is 2.60 bits per heavy atom. The molecule has 15 heavy (non-hydrogen) atoms. The predicted molar refractivity (Wildman–Crippen MR) is 59.4 cm³/mol. The van der Waals surface area contributed by atoms with Gasteiger partial charge < -0.3 is 5.11 Å². The zero-order valence-electron chi connectivity index (χ0n) is 8.44. The fourth-order valence-electron chi connectivity index (χ4n) is 1.01. The van der Waals surface area contributed by atoms with Gasteiger partial charge in [0.15, 0.2) is 0 Å². The highest BCUT2D eigenvalue weighted by Gasteiger charge is 2.10. The van der Waals surface area contributed by atoms with Gasteiger partial charge in [-0.05, 0) is 17.7 Å². The largest absolute Gasteiger partial charge is 0.481 e. The Hall–Kier alpha value is -1.03. The molecule has 0 aliphatic heterocycles. The fourth-order valence-corrected chi connectivity index (χ4v) is 2.05. The average molecular weight is 228 g/mol. The maximum Gasteiger partial charge on any atom is 0.307 e. The highest BCUT2D eigenvalue weighted by Crippen LogP contribution is 2.15. The van der Waals surface area contributed by atoms with E-state index in [-0.39, 0.29) is 11.7 Å². The Morgan fingerprint density at radius 1 is 1.47 bits per heavy atom. The van der Waals surface area contributed by atoms with Gasteiger partial charge in [0.05, 0.1) is 5.92 Å². The van der Waals surface area contributed by atoms with Gasteiger partial charge in [-0.1, -0.05) is 19.1 Å². The lowest BCUT2D eigenvalue weighted by Crippen LogP contribution is -2.11. The summed E-state index contributed by atoms with van der Waals surface area (Å²) in [6.07, 6.45) is 0. The molecule has 0 bridgehead atoms. The van der Waals surface area contributed by atoms with Crippen LogP contribution in [-0.4, -0.2) is 16.8 Å². The lowest BCUT2D eigenvalue weighted by molar-refractivity contribution is -0.140. The van der Waals surface area contributed by atoms with Crippen molar-refractivity contribution in [2.45, 2.75) is 12.7 Å². The molecular weight excluding hydrogens is 215 g/mol. The molecule has 1 atom stereocenters. The van der Waals surface area contributed by atoms with Crippen LogP contribution in [0.5, 0.6) is 0 Å². The summed E-state index contributed by atoms with van der Waals surface area (Å²) in [5, 5.41) is 8.65. The third kappa shape index (κ3) is 4.34. The smallest absolute Gasteiger partial charge is 0.307 e. The van der Waals surface area contributed by atoms with Crippen molar-refractivity contribution in [2.75, 3.05) is 5.75 Å². The molecule has 2 nitrogen and oxygen atoms in total. The molecule has 1 unspecified atom stereocenters. The molecule has 0 aliphatic carbocycles. The molecule has 1 rings (SSSR count). The van der Waals surface area contributed by atoms with E-state index >= 15 is 0 Å². The van der Waals surface area contributed by atoms with Gasteiger partial charge in [-0.15, -0.1) is 0 Å². The lowest BCUT2D eigenvalue weighted by Gasteiger charge is -2.05. The molecule has 4 heteroatoms. The first-order valence-corrected chi connectivity index (χ1v) is 5.80. The second-order valence-electron chi connectivity index (χ2n) is 3.38. The van der Waals surface area contributed by atoms with Gasteiger partial charge in [0.1, 0.15) is 5.82 Å². The number of benzene rings is 1. The molecule has 0 saturated heterocycles. The molecule has 0 fully saturated rings. The number of thioether (sulfide) groups is 1. The van der Waals surface area contributed by atoms with E-state index in [9.17, 15) is 9.18 Å². The second kappa shape index (κ2) is 5.75. The van der Waals surface area contributed by atoms with Gasteiger partial charge in [-0.3, -0.25) is 4.79 Å². The summed E-state index contributed by atoms with van der Waals surface area (Å²) in [7, 11) is 0. The van der Waals surface area contributed by atoms with Crippen LogP contribution in [0, 0.1) is 11.7 Å². The van der Waals surface area contributed by atoms with Crippen LogP contribution in [0.25, 0.3) is 0 Å². The zero-order chi connectivity index (χ0) is 11.3. The summed E-state index contributed by atoms with van der Waals surface area (Å²) in [5.41, 5.74) is 1.01. The third-order valence-electron chi connectivity index (χ3n) is 1.97. The summed E-state index contributed by atoms with van der Waals surface area (Å²) in [4.78, 5) is 10.5. The quantitative estimate of drug-likeness (QED) is 0.842. The molecule has 82 valence electrons. The Balaban J connectivity index is 2.32. The highest BCUT2D eigenvalue weighted by molar-refractivity contribution is 7.98. The van der Waals surface area contributed by atoms with Crippen LogP contribution in [-0.2, 0) is 10.5 Å². The van der Waals surface area contributed by atoms with Crippen molar-refractivity contribution < 1.29 is 14.3 Å². The van der Waals surface area contributed by atoms with Crippen molar-refractivity contribution in [1.29, 1.82) is 0 Å². The molecule has 1 aromatic rings. The molecule has 1 aromatic carbocycles. The minimum absolute atomic E-state index is 0.248. The van der Waals surface area contributed by atoms with Crippen molar-refractivity contribution in [3.63, 3.8) is 0 Å². The van der Waals surface area contributed by atoms with Crippen LogP contribution in [0.3, 0.4) is 0 Å². The van der Waals surface area contributed by atoms with E-state index in [4.69, 9.17) is 5.11 Å². The first-order chi connectivity index (χ1) is 7.09. The Labute approximate surface area is 92.5 Å². The number of hydrogen-bond acceptors (Lipinski definition) is 2. The van der Waals surface area contributed by atoms with Gasteiger partial charge in [0.25, 0.3) is 0 Å². The van der Waals surface area contributed by atoms with Crippen LogP contribution in [0.1, 0.15) is 12.5 Å². The van der Waals surface area contributed by atoms with Crippen LogP contribution in [0.2, 0.25) is 0 Å². The third-order valence-corrected chi connectivity index (χ3v) is 3.24. The number of halogens is 1. The summed E-state index contributed by atoms with van der Waals surface area (Å²) in [6.45, 7) is 1.68. The average Bonchev–Trinajstić information content (AvgIpc) is 2.20. The molecule has 0 amide bonds. The van der Waals surface area contributed by atoms with Crippen LogP contribution >= 0.6 is 11.8 Å². The predicted octanol–water partition coefficient (Wildman–Crippen LogP) is 2.78. The zero-order valence-corrected chi connectivity index (χ0v) is 9.26. The van der Waals surface area contributed by atoms with E-state index in [1.165, 1.54) is 12.1 Å². The maximum atomic E-state index is 12.6. The monoisotopic (exact) mass is 228 g/mol. The number of carbonyl (C=O) groups is 1. The first kappa shape index (κ1) is 12.0. The normalized spacial score (nSPS) is 12.4. The second-order valence-corrected chi connectivity index (χ2v) is 4.41. The van der Waals surface area contributed by atoms with Crippen molar-refractivity contribution in [1.82, 2.24) is 0 Å². The van der Waals surface area contributed by atoms with E-state index in [1.54, 1.807) is 30.8 Å². The fraction of sp³-hybridized carbons (Fsp3) is 0.364. The molecule has 0 aromatic heterocycles. The van der Waals surface area contributed by atoms with Gasteiger partial charge in [-0.25, -0.2) is 4.39 Å². The molecule has 1 N–H and O–H groups in total. The van der Waals surface area contributed by atoms with Crippen LogP contribution in [0.15, 0.2) is 24.3 Å². The molecule has 0 radical (unpaired) electrons. The van der Waals surface area contributed by atoms with Gasteiger partial charge in [0.2, 0.25) is 0 Å². The number of carboxylic acid groups (broad SMARTS) is 1. The number of rotatable bonds is 5. The molecular formula is C11H13FO2S. The summed E-state index contributed by atoms with van der Waals surface area (Å²) >= 11 is 1.55. The minimum Gasteiger partial charge on any atom is -0.481 e. The van der Waals surface area contributed by atoms with E-state index in [0.717, 1.165) is 11.3 Å². The van der Waals surface area contributed by atoms with Crippen molar-refractivity contribution in [3.8, 4) is 0 Å². The minimum atomic E-state index is -0.776. The van der Waals surface area contributed by atoms with Crippen molar-refractivity contribution in [3.05, 3.63) is 35.6 Å². The van der Waals surface area contributed by atoms with E-state index in [0.29, 0.717) is 5.75 Å². The SMILES string of the molecule is CC(CSCc1ccc(F)cc1)C(=O)O. The van der Waals surface area contributed by atoms with Gasteiger partial charge >= 0.3 is 5.97 Å². The van der Waals surface area contributed by atoms with E-state index < -0.39 is 5.97 Å². The van der Waals surface area contributed by atoms with Crippen LogP contribution in [0.4, 0.5) is 4.39 Å². The van der Waals surface area contributed by atoms with Gasteiger partial charge in [0, 0.05) is 11.5 Å². The molecule has 0 aliphatic rings. The topological polar surface area (TPSA) is 37.3 Å².